The molecule has 0 saturated heterocycles. The van der Waals surface area contributed by atoms with Gasteiger partial charge < -0.3 is 10.1 Å². The molecular formula is C15H24FNO. The minimum atomic E-state index is -0.205. The highest BCUT2D eigenvalue weighted by Gasteiger charge is 2.00. The Morgan fingerprint density at radius 3 is 2.67 bits per heavy atom. The van der Waals surface area contributed by atoms with E-state index >= 15 is 0 Å². The van der Waals surface area contributed by atoms with Crippen LogP contribution in [0.4, 0.5) is 4.39 Å². The summed E-state index contributed by atoms with van der Waals surface area (Å²) in [5.41, 5.74) is 0.863. The number of hydrogen-bond acceptors (Lipinski definition) is 2. The second-order valence-corrected chi connectivity index (χ2v) is 4.53. The Morgan fingerprint density at radius 2 is 1.94 bits per heavy atom. The van der Waals surface area contributed by atoms with Crippen LogP contribution in [0.1, 0.15) is 38.2 Å². The van der Waals surface area contributed by atoms with Crippen molar-refractivity contribution in [3.8, 4) is 5.75 Å². The SMILES string of the molecule is CCNCCCCCCOc1ccc(F)cc1C. The van der Waals surface area contributed by atoms with Crippen LogP contribution in [-0.4, -0.2) is 19.7 Å². The topological polar surface area (TPSA) is 21.3 Å². The van der Waals surface area contributed by atoms with Crippen molar-refractivity contribution in [3.05, 3.63) is 29.6 Å². The summed E-state index contributed by atoms with van der Waals surface area (Å²) in [4.78, 5) is 0. The second kappa shape index (κ2) is 8.92. The van der Waals surface area contributed by atoms with Gasteiger partial charge in [0, 0.05) is 0 Å². The van der Waals surface area contributed by atoms with Gasteiger partial charge >= 0.3 is 0 Å². The van der Waals surface area contributed by atoms with E-state index in [9.17, 15) is 4.39 Å². The fraction of sp³-hybridized carbons (Fsp3) is 0.600. The summed E-state index contributed by atoms with van der Waals surface area (Å²) in [6.45, 7) is 6.86. The monoisotopic (exact) mass is 253 g/mol. The summed E-state index contributed by atoms with van der Waals surface area (Å²) in [6, 6.07) is 4.65. The van der Waals surface area contributed by atoms with Crippen LogP contribution in [-0.2, 0) is 0 Å². The highest BCUT2D eigenvalue weighted by Crippen LogP contribution is 2.18. The lowest BCUT2D eigenvalue weighted by molar-refractivity contribution is 0.302. The minimum Gasteiger partial charge on any atom is -0.493 e. The number of hydrogen-bond donors (Lipinski definition) is 1. The fourth-order valence-electron chi connectivity index (χ4n) is 1.84. The normalized spacial score (nSPS) is 10.6. The van der Waals surface area contributed by atoms with E-state index in [1.807, 2.05) is 6.92 Å². The molecule has 0 saturated carbocycles. The van der Waals surface area contributed by atoms with Crippen molar-refractivity contribution in [2.45, 2.75) is 39.5 Å². The van der Waals surface area contributed by atoms with Gasteiger partial charge in [0.2, 0.25) is 0 Å². The summed E-state index contributed by atoms with van der Waals surface area (Å²) in [7, 11) is 0. The lowest BCUT2D eigenvalue weighted by Gasteiger charge is -2.09. The van der Waals surface area contributed by atoms with Gasteiger partial charge in [0.25, 0.3) is 0 Å². The van der Waals surface area contributed by atoms with Gasteiger partial charge in [-0.15, -0.1) is 0 Å². The summed E-state index contributed by atoms with van der Waals surface area (Å²) in [5, 5.41) is 3.31. The van der Waals surface area contributed by atoms with Crippen molar-refractivity contribution in [2.24, 2.45) is 0 Å². The van der Waals surface area contributed by atoms with E-state index < -0.39 is 0 Å². The Labute approximate surface area is 110 Å². The largest absolute Gasteiger partial charge is 0.493 e. The first-order chi connectivity index (χ1) is 8.74. The lowest BCUT2D eigenvalue weighted by Crippen LogP contribution is -2.13. The van der Waals surface area contributed by atoms with E-state index in [-0.39, 0.29) is 5.82 Å². The molecule has 1 aromatic carbocycles. The third kappa shape index (κ3) is 6.01. The Bertz CT molecular complexity index is 341. The first-order valence-corrected chi connectivity index (χ1v) is 6.83. The molecule has 1 aromatic rings. The van der Waals surface area contributed by atoms with Crippen LogP contribution >= 0.6 is 0 Å². The Morgan fingerprint density at radius 1 is 1.17 bits per heavy atom. The maximum absolute atomic E-state index is 12.9. The zero-order valence-electron chi connectivity index (χ0n) is 11.5. The summed E-state index contributed by atoms with van der Waals surface area (Å²) in [5.74, 6) is 0.590. The quantitative estimate of drug-likeness (QED) is 0.678. The Balaban J connectivity index is 2.07. The molecule has 18 heavy (non-hydrogen) atoms. The molecule has 0 atom stereocenters. The van der Waals surface area contributed by atoms with Crippen LogP contribution in [0.2, 0.25) is 0 Å². The molecule has 0 fully saturated rings. The fourth-order valence-corrected chi connectivity index (χ4v) is 1.84. The van der Waals surface area contributed by atoms with Crippen molar-refractivity contribution in [2.75, 3.05) is 19.7 Å². The highest BCUT2D eigenvalue weighted by atomic mass is 19.1. The summed E-state index contributed by atoms with van der Waals surface area (Å²) < 4.78 is 18.5. The van der Waals surface area contributed by atoms with Crippen LogP contribution in [0, 0.1) is 12.7 Å². The van der Waals surface area contributed by atoms with Crippen LogP contribution in [0.25, 0.3) is 0 Å². The third-order valence-electron chi connectivity index (χ3n) is 2.89. The lowest BCUT2D eigenvalue weighted by atomic mass is 10.2. The molecule has 0 aliphatic carbocycles. The van der Waals surface area contributed by atoms with E-state index in [2.05, 4.69) is 12.2 Å². The number of ether oxygens (including phenoxy) is 1. The molecule has 1 N–H and O–H groups in total. The molecule has 0 heterocycles. The van der Waals surface area contributed by atoms with Gasteiger partial charge in [-0.2, -0.15) is 0 Å². The average molecular weight is 253 g/mol. The Hall–Kier alpha value is -1.09. The van der Waals surface area contributed by atoms with Gasteiger partial charge in [-0.05, 0) is 56.6 Å². The van der Waals surface area contributed by atoms with Gasteiger partial charge in [-0.3, -0.25) is 0 Å². The third-order valence-corrected chi connectivity index (χ3v) is 2.89. The standard InChI is InChI=1S/C15H24FNO/c1-3-17-10-6-4-5-7-11-18-15-9-8-14(16)12-13(15)2/h8-9,12,17H,3-7,10-11H2,1-2H3. The average Bonchev–Trinajstić information content (AvgIpc) is 2.35. The van der Waals surface area contributed by atoms with Crippen LogP contribution in [0.5, 0.6) is 5.75 Å². The van der Waals surface area contributed by atoms with E-state index in [1.165, 1.54) is 31.4 Å². The number of nitrogens with one attached hydrogen (secondary N) is 1. The number of benzene rings is 1. The molecule has 102 valence electrons. The maximum Gasteiger partial charge on any atom is 0.123 e. The molecule has 0 aliphatic heterocycles. The smallest absolute Gasteiger partial charge is 0.123 e. The van der Waals surface area contributed by atoms with Gasteiger partial charge in [0.05, 0.1) is 6.61 Å². The zero-order valence-corrected chi connectivity index (χ0v) is 11.5. The molecule has 0 aromatic heterocycles. The van der Waals surface area contributed by atoms with Crippen molar-refractivity contribution in [1.82, 2.24) is 5.32 Å². The van der Waals surface area contributed by atoms with Crippen LogP contribution in [0.15, 0.2) is 18.2 Å². The number of aryl methyl sites for hydroxylation is 1. The van der Waals surface area contributed by atoms with E-state index in [0.717, 1.165) is 30.8 Å². The minimum absolute atomic E-state index is 0.205. The second-order valence-electron chi connectivity index (χ2n) is 4.53. The van der Waals surface area contributed by atoms with Gasteiger partial charge in [0.1, 0.15) is 11.6 Å². The van der Waals surface area contributed by atoms with E-state index in [0.29, 0.717) is 6.61 Å². The molecule has 0 spiro atoms. The molecule has 3 heteroatoms. The van der Waals surface area contributed by atoms with Gasteiger partial charge in [-0.25, -0.2) is 4.39 Å². The zero-order chi connectivity index (χ0) is 13.2. The molecule has 0 unspecified atom stereocenters. The maximum atomic E-state index is 12.9. The molecule has 0 aliphatic rings. The van der Waals surface area contributed by atoms with Crippen LogP contribution in [0.3, 0.4) is 0 Å². The number of halogens is 1. The molecule has 2 nitrogen and oxygen atoms in total. The van der Waals surface area contributed by atoms with E-state index in [4.69, 9.17) is 4.74 Å². The first-order valence-electron chi connectivity index (χ1n) is 6.83. The van der Waals surface area contributed by atoms with Crippen molar-refractivity contribution in [3.63, 3.8) is 0 Å². The van der Waals surface area contributed by atoms with Gasteiger partial charge in [0.15, 0.2) is 0 Å². The van der Waals surface area contributed by atoms with Crippen molar-refractivity contribution < 1.29 is 9.13 Å². The van der Waals surface area contributed by atoms with Crippen LogP contribution < -0.4 is 10.1 Å². The van der Waals surface area contributed by atoms with Crippen molar-refractivity contribution in [1.29, 1.82) is 0 Å². The summed E-state index contributed by atoms with van der Waals surface area (Å²) >= 11 is 0. The van der Waals surface area contributed by atoms with E-state index in [1.54, 1.807) is 6.07 Å². The molecule has 0 amide bonds. The molecular weight excluding hydrogens is 229 g/mol. The molecule has 0 bridgehead atoms. The number of rotatable bonds is 9. The Kier molecular flexibility index (Phi) is 7.42. The predicted octanol–water partition coefficient (Wildman–Crippen LogP) is 3.68. The number of unbranched alkanes of at least 4 members (excludes halogenated alkanes) is 3. The highest BCUT2D eigenvalue weighted by molar-refractivity contribution is 5.32. The van der Waals surface area contributed by atoms with Crippen molar-refractivity contribution >= 4 is 0 Å². The predicted molar refractivity (Wildman–Crippen MR) is 73.6 cm³/mol. The molecule has 0 radical (unpaired) electrons. The van der Waals surface area contributed by atoms with Gasteiger partial charge in [-0.1, -0.05) is 19.8 Å². The molecule has 1 rings (SSSR count). The summed E-state index contributed by atoms with van der Waals surface area (Å²) in [6.07, 6.45) is 4.71. The first kappa shape index (κ1) is 15.0.